The Labute approximate surface area is 231 Å². The van der Waals surface area contributed by atoms with Crippen molar-refractivity contribution in [2.45, 2.75) is 63.9 Å². The summed E-state index contributed by atoms with van der Waals surface area (Å²) in [7, 11) is -1.78. The van der Waals surface area contributed by atoms with Gasteiger partial charge in [0.1, 0.15) is 15.6 Å². The molecule has 0 bridgehead atoms. The van der Waals surface area contributed by atoms with Crippen LogP contribution in [0, 0.1) is 11.3 Å². The summed E-state index contributed by atoms with van der Waals surface area (Å²) in [6.07, 6.45) is -1.63. The third-order valence-corrected chi connectivity index (χ3v) is 9.63. The van der Waals surface area contributed by atoms with Crippen LogP contribution >= 0.6 is 11.6 Å². The molecule has 1 fully saturated rings. The quantitative estimate of drug-likeness (QED) is 0.414. The van der Waals surface area contributed by atoms with Crippen molar-refractivity contribution in [2.75, 3.05) is 26.5 Å². The van der Waals surface area contributed by atoms with Crippen LogP contribution in [0.25, 0.3) is 11.3 Å². The highest BCUT2D eigenvalue weighted by atomic mass is 35.5. The number of aliphatic hydroxyl groups is 1. The number of aromatic nitrogens is 2. The van der Waals surface area contributed by atoms with E-state index in [0.717, 1.165) is 6.92 Å². The summed E-state index contributed by atoms with van der Waals surface area (Å²) in [6.45, 7) is 3.20. The minimum Gasteiger partial charge on any atom is -0.496 e. The van der Waals surface area contributed by atoms with Gasteiger partial charge in [-0.2, -0.15) is 18.3 Å². The van der Waals surface area contributed by atoms with Crippen molar-refractivity contribution in [1.29, 1.82) is 0 Å². The van der Waals surface area contributed by atoms with Crippen molar-refractivity contribution in [3.8, 4) is 17.0 Å². The third-order valence-electron chi connectivity index (χ3n) is 7.59. The molecule has 0 saturated heterocycles. The number of carbonyl (C=O) groups is 1. The number of alkyl halides is 3. The van der Waals surface area contributed by atoms with E-state index in [0.29, 0.717) is 54.8 Å². The number of methoxy groups -OCH3 is 1. The van der Waals surface area contributed by atoms with Crippen molar-refractivity contribution < 1.29 is 36.2 Å². The lowest BCUT2D eigenvalue weighted by atomic mass is 9.74. The van der Waals surface area contributed by atoms with E-state index >= 15 is 0 Å². The Morgan fingerprint density at radius 2 is 1.97 bits per heavy atom. The number of sulfone groups is 1. The van der Waals surface area contributed by atoms with Crippen molar-refractivity contribution in [3.05, 3.63) is 34.5 Å². The Kier molecular flexibility index (Phi) is 9.65. The molecule has 1 amide bonds. The molecule has 0 spiro atoms. The molecular formula is C26H35ClF3N3O5S. The smallest absolute Gasteiger partial charge is 0.391 e. The molecule has 1 saturated carbocycles. The zero-order valence-electron chi connectivity index (χ0n) is 22.4. The average molecular weight is 594 g/mol. The molecule has 1 aliphatic rings. The maximum atomic E-state index is 13.1. The van der Waals surface area contributed by atoms with Gasteiger partial charge in [-0.1, -0.05) is 24.6 Å². The summed E-state index contributed by atoms with van der Waals surface area (Å²) >= 11 is 6.65. The second kappa shape index (κ2) is 12.1. The fraction of sp³-hybridized carbons (Fsp3) is 0.615. The Hall–Kier alpha value is -2.31. The van der Waals surface area contributed by atoms with E-state index in [1.807, 2.05) is 0 Å². The Bertz CT molecular complexity index is 1290. The minimum absolute atomic E-state index is 0.0387. The van der Waals surface area contributed by atoms with E-state index in [1.165, 1.54) is 24.1 Å². The van der Waals surface area contributed by atoms with Crippen molar-refractivity contribution in [3.63, 3.8) is 0 Å². The standard InChI is InChI=1S/C26H35ClF3N3O5S/c1-5-33-23(19-7-6-17(13-20(19)38-3)12-16(2)26(28,29)30)21(27)22(32-33)24(35)31-14-25(15-34)10-8-18(9-11-25)39(4,36)37/h6-7,13,16,18,34H,5,8-12,14-15H2,1-4H3,(H,31,35)/t16?,18-,25+. The van der Waals surface area contributed by atoms with Gasteiger partial charge in [0, 0.05) is 30.3 Å². The zero-order valence-corrected chi connectivity index (χ0v) is 24.0. The van der Waals surface area contributed by atoms with Gasteiger partial charge in [0.05, 0.1) is 35.6 Å². The molecule has 1 atom stereocenters. The van der Waals surface area contributed by atoms with E-state index in [4.69, 9.17) is 16.3 Å². The van der Waals surface area contributed by atoms with Gasteiger partial charge in [-0.15, -0.1) is 0 Å². The Balaban J connectivity index is 1.83. The first-order valence-corrected chi connectivity index (χ1v) is 15.1. The number of aryl methyl sites for hydroxylation is 1. The van der Waals surface area contributed by atoms with E-state index in [2.05, 4.69) is 10.4 Å². The van der Waals surface area contributed by atoms with Gasteiger partial charge in [-0.25, -0.2) is 8.42 Å². The highest BCUT2D eigenvalue weighted by Gasteiger charge is 2.39. The largest absolute Gasteiger partial charge is 0.496 e. The second-order valence-corrected chi connectivity index (χ2v) is 13.1. The maximum Gasteiger partial charge on any atom is 0.391 e. The van der Waals surface area contributed by atoms with E-state index < -0.39 is 38.5 Å². The first-order chi connectivity index (χ1) is 18.2. The number of hydrogen-bond donors (Lipinski definition) is 2. The molecule has 0 radical (unpaired) electrons. The summed E-state index contributed by atoms with van der Waals surface area (Å²) < 4.78 is 69.9. The van der Waals surface area contributed by atoms with Crippen LogP contribution in [0.1, 0.15) is 55.6 Å². The molecular weight excluding hydrogens is 559 g/mol. The number of nitrogens with one attached hydrogen (secondary N) is 1. The fourth-order valence-electron chi connectivity index (χ4n) is 4.97. The number of amides is 1. The van der Waals surface area contributed by atoms with Crippen LogP contribution in [-0.2, 0) is 22.8 Å². The van der Waals surface area contributed by atoms with Gasteiger partial charge < -0.3 is 15.2 Å². The van der Waals surface area contributed by atoms with Crippen LogP contribution in [-0.4, -0.2) is 67.2 Å². The number of aliphatic hydroxyl groups excluding tert-OH is 1. The lowest BCUT2D eigenvalue weighted by Crippen LogP contribution is -2.44. The third kappa shape index (κ3) is 7.07. The van der Waals surface area contributed by atoms with Crippen molar-refractivity contribution in [2.24, 2.45) is 11.3 Å². The molecule has 39 heavy (non-hydrogen) atoms. The molecule has 1 aromatic carbocycles. The van der Waals surface area contributed by atoms with Crippen molar-refractivity contribution in [1.82, 2.24) is 15.1 Å². The highest BCUT2D eigenvalue weighted by molar-refractivity contribution is 7.91. The number of halogens is 4. The van der Waals surface area contributed by atoms with Crippen LogP contribution in [0.5, 0.6) is 5.75 Å². The number of ether oxygens (including phenoxy) is 1. The maximum absolute atomic E-state index is 13.1. The lowest BCUT2D eigenvalue weighted by Gasteiger charge is -2.38. The summed E-state index contributed by atoms with van der Waals surface area (Å²) in [5, 5.41) is 16.8. The normalized spacial score (nSPS) is 21.0. The SMILES string of the molecule is CCn1nc(C(=O)NC[C@]2(CO)CC[C@@H](S(C)(=O)=O)CC2)c(Cl)c1-c1ccc(CC(C)C(F)(F)F)cc1OC. The van der Waals surface area contributed by atoms with Crippen LogP contribution < -0.4 is 10.1 Å². The van der Waals surface area contributed by atoms with Crippen LogP contribution in [0.2, 0.25) is 5.02 Å². The molecule has 13 heteroatoms. The number of nitrogens with zero attached hydrogens (tertiary/aromatic N) is 2. The Morgan fingerprint density at radius 3 is 2.49 bits per heavy atom. The average Bonchev–Trinajstić information content (AvgIpc) is 3.22. The number of carbonyl (C=O) groups excluding carboxylic acids is 1. The number of benzene rings is 1. The van der Waals surface area contributed by atoms with Crippen LogP contribution in [0.4, 0.5) is 13.2 Å². The van der Waals surface area contributed by atoms with E-state index in [9.17, 15) is 31.5 Å². The molecule has 1 aliphatic carbocycles. The topological polar surface area (TPSA) is 111 Å². The fourth-order valence-corrected chi connectivity index (χ4v) is 6.39. The molecule has 2 aromatic rings. The summed E-state index contributed by atoms with van der Waals surface area (Å²) in [5.74, 6) is -1.79. The first-order valence-electron chi connectivity index (χ1n) is 12.7. The van der Waals surface area contributed by atoms with Gasteiger partial charge in [0.2, 0.25) is 0 Å². The molecule has 1 aromatic heterocycles. The van der Waals surface area contributed by atoms with Crippen LogP contribution in [0.3, 0.4) is 0 Å². The van der Waals surface area contributed by atoms with E-state index in [-0.39, 0.29) is 30.3 Å². The number of hydrogen-bond acceptors (Lipinski definition) is 6. The summed E-state index contributed by atoms with van der Waals surface area (Å²) in [4.78, 5) is 13.1. The molecule has 2 N–H and O–H groups in total. The zero-order chi connectivity index (χ0) is 29.2. The van der Waals surface area contributed by atoms with Gasteiger partial charge in [0.25, 0.3) is 5.91 Å². The highest BCUT2D eigenvalue weighted by Crippen LogP contribution is 2.40. The molecule has 3 rings (SSSR count). The Morgan fingerprint density at radius 1 is 1.33 bits per heavy atom. The second-order valence-electron chi connectivity index (χ2n) is 10.4. The van der Waals surface area contributed by atoms with Gasteiger partial charge in [0.15, 0.2) is 5.69 Å². The summed E-state index contributed by atoms with van der Waals surface area (Å²) in [5.41, 5.74) is 0.624. The number of rotatable bonds is 10. The van der Waals surface area contributed by atoms with E-state index in [1.54, 1.807) is 19.1 Å². The monoisotopic (exact) mass is 593 g/mol. The molecule has 0 aliphatic heterocycles. The van der Waals surface area contributed by atoms with Gasteiger partial charge >= 0.3 is 6.18 Å². The van der Waals surface area contributed by atoms with Gasteiger partial charge in [-0.05, 0) is 56.7 Å². The minimum atomic E-state index is -4.32. The predicted octanol–water partition coefficient (Wildman–Crippen LogP) is 4.67. The lowest BCUT2D eigenvalue weighted by molar-refractivity contribution is -0.169. The molecule has 1 heterocycles. The summed E-state index contributed by atoms with van der Waals surface area (Å²) in [6, 6.07) is 4.70. The molecule has 1 unspecified atom stereocenters. The van der Waals surface area contributed by atoms with Gasteiger partial charge in [-0.3, -0.25) is 9.48 Å². The van der Waals surface area contributed by atoms with Crippen molar-refractivity contribution >= 4 is 27.3 Å². The van der Waals surface area contributed by atoms with Crippen LogP contribution in [0.15, 0.2) is 18.2 Å². The molecule has 8 nitrogen and oxygen atoms in total. The predicted molar refractivity (Wildman–Crippen MR) is 143 cm³/mol. The first kappa shape index (κ1) is 31.2. The molecule has 218 valence electrons.